The molecule has 116 valence electrons. The van der Waals surface area contributed by atoms with Crippen molar-refractivity contribution in [3.05, 3.63) is 47.5 Å². The summed E-state index contributed by atoms with van der Waals surface area (Å²) in [6, 6.07) is 9.98. The zero-order valence-corrected chi connectivity index (χ0v) is 12.8. The number of carbonyl (C=O) groups is 2. The van der Waals surface area contributed by atoms with Crippen molar-refractivity contribution >= 4 is 11.8 Å². The van der Waals surface area contributed by atoms with Crippen molar-refractivity contribution in [2.24, 2.45) is 0 Å². The second kappa shape index (κ2) is 6.77. The van der Waals surface area contributed by atoms with Gasteiger partial charge in [-0.25, -0.2) is 0 Å². The van der Waals surface area contributed by atoms with Crippen LogP contribution in [0.5, 0.6) is 0 Å². The Kier molecular flexibility index (Phi) is 4.56. The summed E-state index contributed by atoms with van der Waals surface area (Å²) < 4.78 is 0. The van der Waals surface area contributed by atoms with Crippen LogP contribution in [-0.2, 0) is 16.1 Å². The van der Waals surface area contributed by atoms with Crippen LogP contribution in [-0.4, -0.2) is 41.2 Å². The first-order valence-corrected chi connectivity index (χ1v) is 8.00. The molecule has 0 aromatic heterocycles. The number of benzene rings is 1. The standard InChI is InChI=1S/C18H22N2O2/c21-17(12-15-6-4-5-7-15)20-11-10-19(18(22)14-20)13-16-8-2-1-3-9-16/h1-3,6,8-9H,4-5,7,10-14H2. The Bertz CT molecular complexity index is 580. The van der Waals surface area contributed by atoms with Gasteiger partial charge in [0.1, 0.15) is 0 Å². The van der Waals surface area contributed by atoms with Crippen molar-refractivity contribution in [1.29, 1.82) is 0 Å². The highest BCUT2D eigenvalue weighted by molar-refractivity contribution is 5.87. The van der Waals surface area contributed by atoms with E-state index >= 15 is 0 Å². The van der Waals surface area contributed by atoms with Crippen LogP contribution in [0.3, 0.4) is 0 Å². The number of hydrogen-bond acceptors (Lipinski definition) is 2. The van der Waals surface area contributed by atoms with Crippen molar-refractivity contribution < 1.29 is 9.59 Å². The maximum absolute atomic E-state index is 12.3. The largest absolute Gasteiger partial charge is 0.335 e. The van der Waals surface area contributed by atoms with E-state index in [0.29, 0.717) is 26.1 Å². The number of piperazine rings is 1. The van der Waals surface area contributed by atoms with Gasteiger partial charge in [0.25, 0.3) is 0 Å². The van der Waals surface area contributed by atoms with Gasteiger partial charge in [0, 0.05) is 26.1 Å². The molecule has 1 saturated heterocycles. The fraction of sp³-hybridized carbons (Fsp3) is 0.444. The predicted molar refractivity (Wildman–Crippen MR) is 85.0 cm³/mol. The molecule has 1 aliphatic carbocycles. The lowest BCUT2D eigenvalue weighted by atomic mass is 10.1. The molecule has 0 spiro atoms. The van der Waals surface area contributed by atoms with E-state index in [0.717, 1.165) is 24.8 Å². The van der Waals surface area contributed by atoms with Gasteiger partial charge in [0.05, 0.1) is 6.54 Å². The molecule has 4 heteroatoms. The predicted octanol–water partition coefficient (Wildman–Crippen LogP) is 2.36. The van der Waals surface area contributed by atoms with Gasteiger partial charge in [-0.05, 0) is 24.8 Å². The van der Waals surface area contributed by atoms with E-state index in [-0.39, 0.29) is 18.4 Å². The van der Waals surface area contributed by atoms with E-state index in [2.05, 4.69) is 6.08 Å². The van der Waals surface area contributed by atoms with Gasteiger partial charge in [-0.15, -0.1) is 0 Å². The van der Waals surface area contributed by atoms with Gasteiger partial charge >= 0.3 is 0 Å². The zero-order chi connectivity index (χ0) is 15.4. The maximum atomic E-state index is 12.3. The first-order chi connectivity index (χ1) is 10.7. The van der Waals surface area contributed by atoms with E-state index in [1.165, 1.54) is 5.57 Å². The van der Waals surface area contributed by atoms with Gasteiger partial charge in [-0.1, -0.05) is 42.0 Å². The molecule has 0 saturated carbocycles. The Morgan fingerprint density at radius 1 is 1.14 bits per heavy atom. The molecule has 0 bridgehead atoms. The summed E-state index contributed by atoms with van der Waals surface area (Å²) in [5.41, 5.74) is 2.37. The third-order valence-electron chi connectivity index (χ3n) is 4.40. The average Bonchev–Trinajstić information content (AvgIpc) is 3.03. The van der Waals surface area contributed by atoms with E-state index < -0.39 is 0 Å². The molecular formula is C18H22N2O2. The summed E-state index contributed by atoms with van der Waals surface area (Å²) in [5, 5.41) is 0. The fourth-order valence-electron chi connectivity index (χ4n) is 3.10. The quantitative estimate of drug-likeness (QED) is 0.801. The van der Waals surface area contributed by atoms with Crippen molar-refractivity contribution in [3.63, 3.8) is 0 Å². The van der Waals surface area contributed by atoms with Crippen LogP contribution in [0.4, 0.5) is 0 Å². The zero-order valence-electron chi connectivity index (χ0n) is 12.8. The Balaban J connectivity index is 1.53. The molecule has 2 amide bonds. The SMILES string of the molecule is O=C(CC1=CCCC1)N1CCN(Cc2ccccc2)C(=O)C1. The van der Waals surface area contributed by atoms with E-state index in [1.807, 2.05) is 35.2 Å². The van der Waals surface area contributed by atoms with Gasteiger partial charge in [-0.3, -0.25) is 9.59 Å². The molecule has 4 nitrogen and oxygen atoms in total. The Morgan fingerprint density at radius 2 is 1.95 bits per heavy atom. The lowest BCUT2D eigenvalue weighted by Crippen LogP contribution is -2.51. The van der Waals surface area contributed by atoms with Crippen LogP contribution in [0.25, 0.3) is 0 Å². The molecule has 0 unspecified atom stereocenters. The lowest BCUT2D eigenvalue weighted by Gasteiger charge is -2.34. The fourth-order valence-corrected chi connectivity index (χ4v) is 3.10. The van der Waals surface area contributed by atoms with Crippen molar-refractivity contribution in [2.75, 3.05) is 19.6 Å². The van der Waals surface area contributed by atoms with E-state index in [4.69, 9.17) is 0 Å². The number of carbonyl (C=O) groups excluding carboxylic acids is 2. The molecule has 1 aliphatic heterocycles. The van der Waals surface area contributed by atoms with Crippen LogP contribution >= 0.6 is 0 Å². The molecule has 22 heavy (non-hydrogen) atoms. The highest BCUT2D eigenvalue weighted by atomic mass is 16.2. The molecule has 1 aromatic rings. The molecule has 2 aliphatic rings. The minimum Gasteiger partial charge on any atom is -0.335 e. The molecule has 0 atom stereocenters. The maximum Gasteiger partial charge on any atom is 0.242 e. The first kappa shape index (κ1) is 14.8. The van der Waals surface area contributed by atoms with Gasteiger partial charge < -0.3 is 9.80 Å². The summed E-state index contributed by atoms with van der Waals surface area (Å²) in [6.07, 6.45) is 5.95. The Labute approximate surface area is 131 Å². The third kappa shape index (κ3) is 3.56. The van der Waals surface area contributed by atoms with Crippen LogP contribution in [0, 0.1) is 0 Å². The van der Waals surface area contributed by atoms with E-state index in [1.54, 1.807) is 4.90 Å². The first-order valence-electron chi connectivity index (χ1n) is 8.00. The molecular weight excluding hydrogens is 276 g/mol. The third-order valence-corrected chi connectivity index (χ3v) is 4.40. The van der Waals surface area contributed by atoms with Crippen LogP contribution < -0.4 is 0 Å². The summed E-state index contributed by atoms with van der Waals surface area (Å²) in [5.74, 6) is 0.143. The van der Waals surface area contributed by atoms with Gasteiger partial charge in [-0.2, -0.15) is 0 Å². The number of rotatable bonds is 4. The lowest BCUT2D eigenvalue weighted by molar-refractivity contribution is -0.145. The Hall–Kier alpha value is -2.10. The number of nitrogens with zero attached hydrogens (tertiary/aromatic N) is 2. The van der Waals surface area contributed by atoms with Crippen LogP contribution in [0.1, 0.15) is 31.2 Å². The monoisotopic (exact) mass is 298 g/mol. The molecule has 0 radical (unpaired) electrons. The summed E-state index contributed by atoms with van der Waals surface area (Å²) in [6.45, 7) is 2.12. The molecule has 0 N–H and O–H groups in total. The molecule has 1 fully saturated rings. The minimum atomic E-state index is 0.0452. The highest BCUT2D eigenvalue weighted by Gasteiger charge is 2.27. The van der Waals surface area contributed by atoms with E-state index in [9.17, 15) is 9.59 Å². The summed E-state index contributed by atoms with van der Waals surface area (Å²) >= 11 is 0. The highest BCUT2D eigenvalue weighted by Crippen LogP contribution is 2.22. The van der Waals surface area contributed by atoms with Crippen LogP contribution in [0.2, 0.25) is 0 Å². The normalized spacial score (nSPS) is 18.5. The smallest absolute Gasteiger partial charge is 0.242 e. The minimum absolute atomic E-state index is 0.0452. The average molecular weight is 298 g/mol. The molecule has 1 aromatic carbocycles. The van der Waals surface area contributed by atoms with Gasteiger partial charge in [0.15, 0.2) is 0 Å². The number of hydrogen-bond donors (Lipinski definition) is 0. The summed E-state index contributed by atoms with van der Waals surface area (Å²) in [4.78, 5) is 28.1. The molecule has 1 heterocycles. The Morgan fingerprint density at radius 3 is 2.64 bits per heavy atom. The topological polar surface area (TPSA) is 40.6 Å². The van der Waals surface area contributed by atoms with Gasteiger partial charge in [0.2, 0.25) is 11.8 Å². The second-order valence-corrected chi connectivity index (χ2v) is 6.05. The molecule has 3 rings (SSSR count). The number of allylic oxidation sites excluding steroid dienone is 1. The van der Waals surface area contributed by atoms with Crippen molar-refractivity contribution in [3.8, 4) is 0 Å². The van der Waals surface area contributed by atoms with Crippen LogP contribution in [0.15, 0.2) is 42.0 Å². The van der Waals surface area contributed by atoms with Crippen molar-refractivity contribution in [1.82, 2.24) is 9.80 Å². The van der Waals surface area contributed by atoms with Crippen molar-refractivity contribution in [2.45, 2.75) is 32.2 Å². The second-order valence-electron chi connectivity index (χ2n) is 6.05. The summed E-state index contributed by atoms with van der Waals surface area (Å²) in [7, 11) is 0. The number of amides is 2.